The maximum Gasteiger partial charge on any atom is 0.573 e. The van der Waals surface area contributed by atoms with Crippen LogP contribution < -0.4 is 4.74 Å². The summed E-state index contributed by atoms with van der Waals surface area (Å²) < 4.78 is 44.4. The average Bonchev–Trinajstić information content (AvgIpc) is 3.22. The number of fused-ring (bicyclic) bond motifs is 1. The summed E-state index contributed by atoms with van der Waals surface area (Å²) in [6.07, 6.45) is -4.85. The Morgan fingerprint density at radius 3 is 2.08 bits per heavy atom. The van der Waals surface area contributed by atoms with Crippen LogP contribution in [0.1, 0.15) is 47.4 Å². The molecule has 9 heteroatoms. The number of benzene rings is 2. The number of nitrogens with zero attached hydrogens (tertiary/aromatic N) is 3. The summed E-state index contributed by atoms with van der Waals surface area (Å²) in [5.41, 5.74) is 8.25. The molecule has 2 aromatic heterocycles. The highest BCUT2D eigenvalue weighted by Crippen LogP contribution is 2.41. The fourth-order valence-electron chi connectivity index (χ4n) is 5.49. The van der Waals surface area contributed by atoms with Crippen LogP contribution in [0.2, 0.25) is 21.6 Å². The maximum absolute atomic E-state index is 12.9. The van der Waals surface area contributed by atoms with Gasteiger partial charge in [0.05, 0.1) is 16.4 Å². The van der Waals surface area contributed by atoms with Gasteiger partial charge in [0.15, 0.2) is 11.5 Å². The van der Waals surface area contributed by atoms with E-state index in [2.05, 4.69) is 57.7 Å². The molecule has 0 amide bonds. The Hall–Kier alpha value is -3.28. The van der Waals surface area contributed by atoms with E-state index in [4.69, 9.17) is 21.6 Å². The van der Waals surface area contributed by atoms with Gasteiger partial charge in [0, 0.05) is 5.56 Å². The molecule has 0 atom stereocenters. The van der Waals surface area contributed by atoms with Crippen LogP contribution in [0, 0.1) is 11.5 Å². The van der Waals surface area contributed by atoms with Crippen LogP contribution in [0.25, 0.3) is 28.1 Å². The Kier molecular flexibility index (Phi) is 8.15. The summed E-state index contributed by atoms with van der Waals surface area (Å²) >= 11 is 6.25. The number of ether oxygens (including phenoxy) is 1. The molecule has 4 nitrogen and oxygen atoms in total. The maximum atomic E-state index is 12.9. The molecule has 0 aliphatic carbocycles. The van der Waals surface area contributed by atoms with Crippen LogP contribution in [-0.2, 0) is 0 Å². The minimum absolute atomic E-state index is 0.180. The van der Waals surface area contributed by atoms with Gasteiger partial charge in [-0.1, -0.05) is 83.5 Å². The smallest absolute Gasteiger partial charge is 0.404 e. The van der Waals surface area contributed by atoms with Crippen molar-refractivity contribution in [3.05, 3.63) is 71.5 Å². The number of imidazole rings is 1. The number of hydrogen-bond donors (Lipinski definition) is 0. The quantitative estimate of drug-likeness (QED) is 0.172. The van der Waals surface area contributed by atoms with Crippen molar-refractivity contribution in [2.24, 2.45) is 0 Å². The van der Waals surface area contributed by atoms with Gasteiger partial charge in [-0.05, 0) is 52.9 Å². The van der Waals surface area contributed by atoms with Crippen LogP contribution in [-0.4, -0.2) is 29.0 Å². The molecular formula is C30H31ClF3N3OSi. The minimum Gasteiger partial charge on any atom is -0.404 e. The molecule has 0 fully saturated rings. The lowest BCUT2D eigenvalue weighted by Crippen LogP contribution is -2.43. The van der Waals surface area contributed by atoms with Crippen molar-refractivity contribution in [1.29, 1.82) is 0 Å². The van der Waals surface area contributed by atoms with Gasteiger partial charge in [-0.25, -0.2) is 9.97 Å². The molecule has 0 unspecified atom stereocenters. The average molecular weight is 570 g/mol. The van der Waals surface area contributed by atoms with Crippen molar-refractivity contribution >= 4 is 30.8 Å². The molecule has 0 bridgehead atoms. The Bertz CT molecular complexity index is 1510. The second-order valence-electron chi connectivity index (χ2n) is 10.5. The first-order valence-corrected chi connectivity index (χ1v) is 15.5. The van der Waals surface area contributed by atoms with E-state index in [-0.39, 0.29) is 5.02 Å². The van der Waals surface area contributed by atoms with Crippen molar-refractivity contribution < 1.29 is 17.9 Å². The Balaban J connectivity index is 1.96. The number of aromatic nitrogens is 3. The highest BCUT2D eigenvalue weighted by Gasteiger charge is 2.42. The number of rotatable bonds is 6. The minimum atomic E-state index is -4.85. The van der Waals surface area contributed by atoms with E-state index < -0.39 is 20.2 Å². The lowest BCUT2D eigenvalue weighted by atomic mass is 10.1. The molecule has 39 heavy (non-hydrogen) atoms. The van der Waals surface area contributed by atoms with Gasteiger partial charge in [-0.3, -0.25) is 4.57 Å². The molecule has 0 aliphatic rings. The molecule has 2 heterocycles. The van der Waals surface area contributed by atoms with E-state index >= 15 is 0 Å². The summed E-state index contributed by atoms with van der Waals surface area (Å²) in [7, 11) is -2.10. The molecule has 0 saturated carbocycles. The molecule has 204 valence electrons. The molecule has 0 aliphatic heterocycles. The Morgan fingerprint density at radius 2 is 1.51 bits per heavy atom. The zero-order valence-electron chi connectivity index (χ0n) is 22.8. The standard InChI is InChI=1S/C30H31ClF3N3OSi/c1-19(2)39(20(3)4,21(5)6)17-16-28-35-26-14-13-25(22-10-8-7-9-11-22)36-29(26)37(28)23-12-15-27(24(31)18-23)38-30(32,33)34/h7-15,18-21H,1-6H3. The van der Waals surface area contributed by atoms with E-state index in [1.54, 1.807) is 4.57 Å². The van der Waals surface area contributed by atoms with Crippen molar-refractivity contribution in [1.82, 2.24) is 14.5 Å². The van der Waals surface area contributed by atoms with E-state index in [9.17, 15) is 13.2 Å². The first-order chi connectivity index (χ1) is 18.3. The molecule has 0 saturated heterocycles. The van der Waals surface area contributed by atoms with E-state index in [1.165, 1.54) is 18.2 Å². The summed E-state index contributed by atoms with van der Waals surface area (Å²) in [5, 5.41) is -0.180. The second kappa shape index (κ2) is 11.1. The largest absolute Gasteiger partial charge is 0.573 e. The summed E-state index contributed by atoms with van der Waals surface area (Å²) in [6, 6.07) is 17.6. The Labute approximate surface area is 233 Å². The number of pyridine rings is 1. The molecule has 4 rings (SSSR count). The molecule has 0 spiro atoms. The van der Waals surface area contributed by atoms with Gasteiger partial charge in [0.25, 0.3) is 0 Å². The number of halogens is 4. The predicted octanol–water partition coefficient (Wildman–Crippen LogP) is 9.21. The van der Waals surface area contributed by atoms with Crippen molar-refractivity contribution in [3.8, 4) is 34.2 Å². The van der Waals surface area contributed by atoms with Crippen LogP contribution in [0.15, 0.2) is 60.7 Å². The normalized spacial score (nSPS) is 12.3. The van der Waals surface area contributed by atoms with Gasteiger partial charge < -0.3 is 4.74 Å². The highest BCUT2D eigenvalue weighted by atomic mass is 35.5. The third kappa shape index (κ3) is 5.85. The fourth-order valence-corrected chi connectivity index (χ4v) is 10.9. The van der Waals surface area contributed by atoms with Gasteiger partial charge >= 0.3 is 6.36 Å². The van der Waals surface area contributed by atoms with Crippen LogP contribution in [0.4, 0.5) is 13.2 Å². The zero-order chi connectivity index (χ0) is 28.5. The van der Waals surface area contributed by atoms with Crippen LogP contribution in [0.5, 0.6) is 5.75 Å². The van der Waals surface area contributed by atoms with Crippen LogP contribution in [0.3, 0.4) is 0 Å². The van der Waals surface area contributed by atoms with Crippen molar-refractivity contribution in [2.75, 3.05) is 0 Å². The number of alkyl halides is 3. The molecule has 0 N–H and O–H groups in total. The SMILES string of the molecule is CC(C)[Si](C#Cc1nc2ccc(-c3ccccc3)nc2n1-c1ccc(OC(F)(F)F)c(Cl)c1)(C(C)C)C(C)C. The first kappa shape index (κ1) is 28.7. The lowest BCUT2D eigenvalue weighted by molar-refractivity contribution is -0.274. The number of hydrogen-bond acceptors (Lipinski definition) is 3. The molecule has 0 radical (unpaired) electrons. The van der Waals surface area contributed by atoms with Gasteiger partial charge in [-0.15, -0.1) is 18.7 Å². The Morgan fingerprint density at radius 1 is 0.872 bits per heavy atom. The zero-order valence-corrected chi connectivity index (χ0v) is 24.5. The summed E-state index contributed by atoms with van der Waals surface area (Å²) in [4.78, 5) is 9.70. The van der Waals surface area contributed by atoms with E-state index in [1.807, 2.05) is 42.5 Å². The summed E-state index contributed by atoms with van der Waals surface area (Å²) in [6.45, 7) is 13.4. The van der Waals surface area contributed by atoms with E-state index in [0.29, 0.717) is 39.3 Å². The molecule has 2 aromatic carbocycles. The third-order valence-electron chi connectivity index (χ3n) is 7.23. The van der Waals surface area contributed by atoms with Crippen molar-refractivity contribution in [2.45, 2.75) is 64.5 Å². The lowest BCUT2D eigenvalue weighted by Gasteiger charge is -2.38. The van der Waals surface area contributed by atoms with Gasteiger partial charge in [0.1, 0.15) is 19.3 Å². The predicted molar refractivity (Wildman–Crippen MR) is 154 cm³/mol. The molecular weight excluding hydrogens is 539 g/mol. The second-order valence-corrected chi connectivity index (χ2v) is 16.5. The van der Waals surface area contributed by atoms with Crippen molar-refractivity contribution in [3.63, 3.8) is 0 Å². The fraction of sp³-hybridized carbons (Fsp3) is 0.333. The van der Waals surface area contributed by atoms with E-state index in [0.717, 1.165) is 11.3 Å². The highest BCUT2D eigenvalue weighted by molar-refractivity contribution is 6.90. The first-order valence-electron chi connectivity index (χ1n) is 12.9. The topological polar surface area (TPSA) is 39.9 Å². The van der Waals surface area contributed by atoms with Gasteiger partial charge in [-0.2, -0.15) is 0 Å². The monoisotopic (exact) mass is 569 g/mol. The third-order valence-corrected chi connectivity index (χ3v) is 13.8. The molecule has 4 aromatic rings. The van der Waals surface area contributed by atoms with Gasteiger partial charge in [0.2, 0.25) is 0 Å². The summed E-state index contributed by atoms with van der Waals surface area (Å²) in [5.74, 6) is 3.37. The van der Waals surface area contributed by atoms with Crippen LogP contribution >= 0.6 is 11.6 Å².